The van der Waals surface area contributed by atoms with E-state index in [1.54, 1.807) is 25.2 Å². The molecule has 1 N–H and O–H groups in total. The first-order valence-electron chi connectivity index (χ1n) is 7.81. The monoisotopic (exact) mass is 326 g/mol. The zero-order chi connectivity index (χ0) is 17.4. The van der Waals surface area contributed by atoms with Crippen LogP contribution in [0.5, 0.6) is 0 Å². The summed E-state index contributed by atoms with van der Waals surface area (Å²) in [7, 11) is 1.67. The molecule has 1 unspecified atom stereocenters. The number of aryl methyl sites for hydroxylation is 1. The van der Waals surface area contributed by atoms with Gasteiger partial charge < -0.3 is 10.2 Å². The van der Waals surface area contributed by atoms with Gasteiger partial charge in [0, 0.05) is 37.7 Å². The number of benzene rings is 2. The van der Waals surface area contributed by atoms with E-state index in [1.807, 2.05) is 19.1 Å². The molecule has 3 rings (SSSR count). The van der Waals surface area contributed by atoms with Gasteiger partial charge in [0.1, 0.15) is 5.82 Å². The highest BCUT2D eigenvalue weighted by atomic mass is 19.1. The van der Waals surface area contributed by atoms with Crippen LogP contribution in [0.1, 0.15) is 36.0 Å². The number of rotatable bonds is 2. The molecule has 24 heavy (non-hydrogen) atoms. The van der Waals surface area contributed by atoms with Gasteiger partial charge in [-0.2, -0.15) is 0 Å². The Labute approximate surface area is 140 Å². The first kappa shape index (κ1) is 16.2. The standard InChI is InChI=1S/C19H19FN2O2/c1-11-4-7-17(20)16(8-11)15-10-19(24)21-18-9-13(5-6-14(15)18)22(3)12(2)23/h4-9,15H,10H2,1-3H3,(H,21,24). The van der Waals surface area contributed by atoms with Crippen LogP contribution in [0.4, 0.5) is 15.8 Å². The molecule has 0 radical (unpaired) electrons. The van der Waals surface area contributed by atoms with Gasteiger partial charge >= 0.3 is 0 Å². The molecule has 1 heterocycles. The lowest BCUT2D eigenvalue weighted by Gasteiger charge is -2.28. The van der Waals surface area contributed by atoms with E-state index in [4.69, 9.17) is 0 Å². The number of halogens is 1. The molecule has 2 amide bonds. The summed E-state index contributed by atoms with van der Waals surface area (Å²) < 4.78 is 14.3. The largest absolute Gasteiger partial charge is 0.326 e. The molecule has 0 aliphatic carbocycles. The Balaban J connectivity index is 2.09. The second-order valence-electron chi connectivity index (χ2n) is 6.18. The van der Waals surface area contributed by atoms with Crippen LogP contribution in [0.3, 0.4) is 0 Å². The summed E-state index contributed by atoms with van der Waals surface area (Å²) in [6.45, 7) is 3.38. The van der Waals surface area contributed by atoms with Crippen molar-refractivity contribution in [2.75, 3.05) is 17.3 Å². The van der Waals surface area contributed by atoms with Crippen molar-refractivity contribution in [2.45, 2.75) is 26.2 Å². The van der Waals surface area contributed by atoms with Gasteiger partial charge in [-0.3, -0.25) is 9.59 Å². The lowest BCUT2D eigenvalue weighted by Crippen LogP contribution is -2.26. The summed E-state index contributed by atoms with van der Waals surface area (Å²) in [6.07, 6.45) is 0.204. The van der Waals surface area contributed by atoms with Crippen molar-refractivity contribution in [3.8, 4) is 0 Å². The minimum atomic E-state index is -0.328. The minimum absolute atomic E-state index is 0.0987. The first-order chi connectivity index (χ1) is 11.4. The lowest BCUT2D eigenvalue weighted by atomic mass is 9.84. The Kier molecular flexibility index (Phi) is 4.09. The van der Waals surface area contributed by atoms with Gasteiger partial charge in [0.15, 0.2) is 0 Å². The van der Waals surface area contributed by atoms with Crippen molar-refractivity contribution in [2.24, 2.45) is 0 Å². The highest BCUT2D eigenvalue weighted by Crippen LogP contribution is 2.39. The summed E-state index contributed by atoms with van der Waals surface area (Å²) >= 11 is 0. The van der Waals surface area contributed by atoms with Crippen molar-refractivity contribution in [3.05, 3.63) is 58.9 Å². The fraction of sp³-hybridized carbons (Fsp3) is 0.263. The first-order valence-corrected chi connectivity index (χ1v) is 7.81. The van der Waals surface area contributed by atoms with Crippen LogP contribution < -0.4 is 10.2 Å². The van der Waals surface area contributed by atoms with Crippen LogP contribution in [0.15, 0.2) is 36.4 Å². The van der Waals surface area contributed by atoms with Gasteiger partial charge in [-0.1, -0.05) is 23.8 Å². The molecule has 1 aliphatic heterocycles. The van der Waals surface area contributed by atoms with E-state index in [1.165, 1.54) is 17.9 Å². The third kappa shape index (κ3) is 2.89. The Morgan fingerprint density at radius 2 is 1.96 bits per heavy atom. The number of carbonyl (C=O) groups is 2. The summed E-state index contributed by atoms with van der Waals surface area (Å²) in [5.74, 6) is -0.893. The van der Waals surface area contributed by atoms with Gasteiger partial charge in [-0.15, -0.1) is 0 Å². The maximum Gasteiger partial charge on any atom is 0.225 e. The lowest BCUT2D eigenvalue weighted by molar-refractivity contribution is -0.117. The molecule has 1 aliphatic rings. The molecule has 0 saturated carbocycles. The number of hydrogen-bond donors (Lipinski definition) is 1. The Morgan fingerprint density at radius 1 is 1.21 bits per heavy atom. The third-order valence-electron chi connectivity index (χ3n) is 4.46. The fourth-order valence-electron chi connectivity index (χ4n) is 3.05. The summed E-state index contributed by atoms with van der Waals surface area (Å²) in [4.78, 5) is 25.1. The predicted molar refractivity (Wildman–Crippen MR) is 91.8 cm³/mol. The molecule has 124 valence electrons. The zero-order valence-electron chi connectivity index (χ0n) is 13.9. The van der Waals surface area contributed by atoms with Crippen LogP contribution in [0, 0.1) is 12.7 Å². The molecule has 1 atom stereocenters. The van der Waals surface area contributed by atoms with E-state index in [0.717, 1.165) is 11.1 Å². The van der Waals surface area contributed by atoms with Crippen LogP contribution >= 0.6 is 0 Å². The Bertz CT molecular complexity index is 832. The minimum Gasteiger partial charge on any atom is -0.326 e. The molecule has 2 aromatic rings. The molecule has 5 heteroatoms. The molecule has 4 nitrogen and oxygen atoms in total. The van der Waals surface area contributed by atoms with Crippen molar-refractivity contribution in [1.29, 1.82) is 0 Å². The second-order valence-corrected chi connectivity index (χ2v) is 6.18. The van der Waals surface area contributed by atoms with Crippen molar-refractivity contribution < 1.29 is 14.0 Å². The van der Waals surface area contributed by atoms with Gasteiger partial charge in [0.2, 0.25) is 11.8 Å². The molecule has 0 spiro atoms. The van der Waals surface area contributed by atoms with Gasteiger partial charge in [0.25, 0.3) is 0 Å². The third-order valence-corrected chi connectivity index (χ3v) is 4.46. The highest BCUT2D eigenvalue weighted by molar-refractivity contribution is 5.97. The molecule has 2 aromatic carbocycles. The van der Waals surface area contributed by atoms with Crippen molar-refractivity contribution in [1.82, 2.24) is 0 Å². The zero-order valence-corrected chi connectivity index (χ0v) is 13.9. The number of amides is 2. The molecule has 0 aromatic heterocycles. The summed E-state index contributed by atoms with van der Waals surface area (Å²) in [6, 6.07) is 10.4. The SMILES string of the molecule is CC(=O)N(C)c1ccc2c(c1)NC(=O)CC2c1cc(C)ccc1F. The average molecular weight is 326 g/mol. The predicted octanol–water partition coefficient (Wildman–Crippen LogP) is 3.59. The normalized spacial score (nSPS) is 16.3. The number of hydrogen-bond acceptors (Lipinski definition) is 2. The smallest absolute Gasteiger partial charge is 0.225 e. The van der Waals surface area contributed by atoms with E-state index in [2.05, 4.69) is 5.32 Å². The summed E-state index contributed by atoms with van der Waals surface area (Å²) in [5, 5.41) is 2.83. The van der Waals surface area contributed by atoms with Gasteiger partial charge in [-0.05, 0) is 36.2 Å². The second kappa shape index (κ2) is 6.07. The average Bonchev–Trinajstić information content (AvgIpc) is 2.54. The maximum atomic E-state index is 14.3. The quantitative estimate of drug-likeness (QED) is 0.917. The molecule has 0 bridgehead atoms. The molecular weight excluding hydrogens is 307 g/mol. The van der Waals surface area contributed by atoms with Crippen LogP contribution in [0.2, 0.25) is 0 Å². The van der Waals surface area contributed by atoms with E-state index in [-0.39, 0.29) is 30.0 Å². The Hall–Kier alpha value is -2.69. The van der Waals surface area contributed by atoms with E-state index in [9.17, 15) is 14.0 Å². The molecular formula is C19H19FN2O2. The number of carbonyl (C=O) groups excluding carboxylic acids is 2. The van der Waals surface area contributed by atoms with Crippen LogP contribution in [0.25, 0.3) is 0 Å². The highest BCUT2D eigenvalue weighted by Gasteiger charge is 2.29. The fourth-order valence-corrected chi connectivity index (χ4v) is 3.05. The van der Waals surface area contributed by atoms with Crippen LogP contribution in [-0.4, -0.2) is 18.9 Å². The van der Waals surface area contributed by atoms with Crippen molar-refractivity contribution in [3.63, 3.8) is 0 Å². The van der Waals surface area contributed by atoms with Gasteiger partial charge in [-0.25, -0.2) is 4.39 Å². The van der Waals surface area contributed by atoms with E-state index >= 15 is 0 Å². The van der Waals surface area contributed by atoms with Gasteiger partial charge in [0.05, 0.1) is 0 Å². The molecule has 0 saturated heterocycles. The number of nitrogens with zero attached hydrogens (tertiary/aromatic N) is 1. The van der Waals surface area contributed by atoms with E-state index in [0.29, 0.717) is 16.9 Å². The van der Waals surface area contributed by atoms with Crippen LogP contribution in [-0.2, 0) is 9.59 Å². The topological polar surface area (TPSA) is 49.4 Å². The number of nitrogens with one attached hydrogen (secondary N) is 1. The summed E-state index contributed by atoms with van der Waals surface area (Å²) in [5.41, 5.74) is 3.65. The number of fused-ring (bicyclic) bond motifs is 1. The Morgan fingerprint density at radius 3 is 2.67 bits per heavy atom. The van der Waals surface area contributed by atoms with E-state index < -0.39 is 0 Å². The molecule has 0 fully saturated rings. The number of anilines is 2. The van der Waals surface area contributed by atoms with Crippen molar-refractivity contribution >= 4 is 23.2 Å². The maximum absolute atomic E-state index is 14.3.